The molecule has 2 aromatic rings. The molecule has 1 aliphatic heterocycles. The highest BCUT2D eigenvalue weighted by Gasteiger charge is 2.64. The summed E-state index contributed by atoms with van der Waals surface area (Å²) < 4.78 is 0. The van der Waals surface area contributed by atoms with Gasteiger partial charge < -0.3 is 4.90 Å². The van der Waals surface area contributed by atoms with Gasteiger partial charge in [0.15, 0.2) is 0 Å². The van der Waals surface area contributed by atoms with Crippen LogP contribution in [0.4, 0.5) is 11.5 Å². The molecule has 7 rings (SSSR count). The van der Waals surface area contributed by atoms with E-state index in [1.54, 1.807) is 5.56 Å². The van der Waals surface area contributed by atoms with Crippen LogP contribution in [-0.2, 0) is 5.41 Å². The average molecular weight is 345 g/mol. The number of aryl methyl sites for hydroxylation is 1. The van der Waals surface area contributed by atoms with E-state index in [0.29, 0.717) is 11.5 Å². The van der Waals surface area contributed by atoms with Crippen molar-refractivity contribution >= 4 is 11.5 Å². The summed E-state index contributed by atoms with van der Waals surface area (Å²) in [5.74, 6) is 4.95. The summed E-state index contributed by atoms with van der Waals surface area (Å²) >= 11 is 0. The molecule has 1 aromatic heterocycles. The summed E-state index contributed by atoms with van der Waals surface area (Å²) in [6.45, 7) is 4.74. The summed E-state index contributed by atoms with van der Waals surface area (Å²) in [7, 11) is 0. The number of rotatable bonds is 1. The van der Waals surface area contributed by atoms with Gasteiger partial charge in [-0.25, -0.2) is 4.98 Å². The number of anilines is 2. The van der Waals surface area contributed by atoms with Crippen molar-refractivity contribution in [1.29, 1.82) is 0 Å². The number of nitrogens with zero attached hydrogens (tertiary/aromatic N) is 2. The Morgan fingerprint density at radius 2 is 1.62 bits per heavy atom. The van der Waals surface area contributed by atoms with Crippen molar-refractivity contribution in [3.8, 4) is 0 Å². The summed E-state index contributed by atoms with van der Waals surface area (Å²) in [6, 6.07) is 14.0. The second-order valence-electron chi connectivity index (χ2n) is 9.44. The molecule has 1 atom stereocenters. The highest BCUT2D eigenvalue weighted by molar-refractivity contribution is 5.73. The molecule has 4 aliphatic carbocycles. The predicted octanol–water partition coefficient (Wildman–Crippen LogP) is 5.62. The Labute approximate surface area is 156 Å². The van der Waals surface area contributed by atoms with Crippen molar-refractivity contribution in [1.82, 2.24) is 4.98 Å². The van der Waals surface area contributed by atoms with Gasteiger partial charge in [-0.3, -0.25) is 0 Å². The first-order valence-corrected chi connectivity index (χ1v) is 10.5. The molecule has 2 nitrogen and oxygen atoms in total. The zero-order valence-corrected chi connectivity index (χ0v) is 15.9. The fraction of sp³-hybridized carbons (Fsp3) is 0.542. The molecule has 4 saturated carbocycles. The third kappa shape index (κ3) is 1.71. The standard InChI is InChI=1S/C24H28N2/c1-15-6-3-4-8-22(15)26-16(2)24(21-7-5-9-25-23(21)26)19-11-17-10-18(13-19)14-20(24)12-17/h3-9,16-20H,10-14H2,1-2H3/t16-,17?,18?,19?,20?,24?/m0/s1. The maximum absolute atomic E-state index is 4.94. The van der Waals surface area contributed by atoms with E-state index in [9.17, 15) is 0 Å². The van der Waals surface area contributed by atoms with Crippen molar-refractivity contribution in [2.24, 2.45) is 23.7 Å². The molecule has 5 aliphatic rings. The first-order chi connectivity index (χ1) is 12.7. The van der Waals surface area contributed by atoms with Gasteiger partial charge >= 0.3 is 0 Å². The summed E-state index contributed by atoms with van der Waals surface area (Å²) in [5, 5.41) is 0. The number of hydrogen-bond acceptors (Lipinski definition) is 2. The maximum Gasteiger partial charge on any atom is 0.137 e. The van der Waals surface area contributed by atoms with Crippen LogP contribution in [0.5, 0.6) is 0 Å². The molecule has 134 valence electrons. The molecule has 4 fully saturated rings. The van der Waals surface area contributed by atoms with Crippen molar-refractivity contribution < 1.29 is 0 Å². The van der Waals surface area contributed by atoms with Crippen LogP contribution in [0, 0.1) is 30.6 Å². The van der Waals surface area contributed by atoms with Crippen LogP contribution in [-0.4, -0.2) is 11.0 Å². The number of fused-ring (bicyclic) bond motifs is 1. The lowest BCUT2D eigenvalue weighted by atomic mass is 9.43. The fourth-order valence-corrected chi connectivity index (χ4v) is 7.79. The minimum atomic E-state index is 0.319. The largest absolute Gasteiger partial charge is 0.322 e. The number of aromatic nitrogens is 1. The van der Waals surface area contributed by atoms with E-state index in [-0.39, 0.29) is 0 Å². The maximum atomic E-state index is 4.94. The summed E-state index contributed by atoms with van der Waals surface area (Å²) in [5.41, 5.74) is 4.59. The van der Waals surface area contributed by atoms with Gasteiger partial charge in [-0.15, -0.1) is 0 Å². The van der Waals surface area contributed by atoms with Crippen LogP contribution in [0.2, 0.25) is 0 Å². The molecule has 4 bridgehead atoms. The molecule has 0 unspecified atom stereocenters. The minimum Gasteiger partial charge on any atom is -0.322 e. The van der Waals surface area contributed by atoms with Crippen molar-refractivity contribution in [3.63, 3.8) is 0 Å². The predicted molar refractivity (Wildman–Crippen MR) is 106 cm³/mol. The molecule has 0 amide bonds. The van der Waals surface area contributed by atoms with Crippen molar-refractivity contribution in [3.05, 3.63) is 53.7 Å². The van der Waals surface area contributed by atoms with E-state index in [2.05, 4.69) is 55.1 Å². The first kappa shape index (κ1) is 15.2. The molecular weight excluding hydrogens is 316 g/mol. The molecule has 0 radical (unpaired) electrons. The van der Waals surface area contributed by atoms with Gasteiger partial charge in [0, 0.05) is 28.9 Å². The van der Waals surface area contributed by atoms with E-state index < -0.39 is 0 Å². The quantitative estimate of drug-likeness (QED) is 0.667. The zero-order valence-electron chi connectivity index (χ0n) is 15.9. The molecular formula is C24H28N2. The molecule has 1 spiro atoms. The second kappa shape index (κ2) is 5.12. The summed E-state index contributed by atoms with van der Waals surface area (Å²) in [6.07, 6.45) is 9.31. The molecule has 1 aromatic carbocycles. The van der Waals surface area contributed by atoms with Gasteiger partial charge in [-0.05, 0) is 87.3 Å². The number of para-hydroxylation sites is 1. The minimum absolute atomic E-state index is 0.319. The van der Waals surface area contributed by atoms with Crippen LogP contribution in [0.1, 0.15) is 50.2 Å². The fourth-order valence-electron chi connectivity index (χ4n) is 7.79. The third-order valence-corrected chi connectivity index (χ3v) is 8.42. The number of pyridine rings is 1. The van der Waals surface area contributed by atoms with Crippen LogP contribution >= 0.6 is 0 Å². The van der Waals surface area contributed by atoms with Gasteiger partial charge in [0.2, 0.25) is 0 Å². The van der Waals surface area contributed by atoms with Gasteiger partial charge in [0.25, 0.3) is 0 Å². The Balaban J connectivity index is 1.57. The van der Waals surface area contributed by atoms with E-state index in [1.807, 2.05) is 6.20 Å². The number of benzene rings is 1. The van der Waals surface area contributed by atoms with E-state index in [4.69, 9.17) is 4.98 Å². The topological polar surface area (TPSA) is 16.1 Å². The number of hydrogen-bond donors (Lipinski definition) is 0. The van der Waals surface area contributed by atoms with Gasteiger partial charge in [0.05, 0.1) is 0 Å². The molecule has 26 heavy (non-hydrogen) atoms. The van der Waals surface area contributed by atoms with Crippen LogP contribution in [0.25, 0.3) is 0 Å². The highest BCUT2D eigenvalue weighted by Crippen LogP contribution is 2.68. The molecule has 0 saturated heterocycles. The van der Waals surface area contributed by atoms with Gasteiger partial charge in [-0.1, -0.05) is 24.3 Å². The van der Waals surface area contributed by atoms with Crippen LogP contribution in [0.3, 0.4) is 0 Å². The van der Waals surface area contributed by atoms with Crippen LogP contribution in [0.15, 0.2) is 42.6 Å². The first-order valence-electron chi connectivity index (χ1n) is 10.5. The Morgan fingerprint density at radius 1 is 0.923 bits per heavy atom. The normalized spacial score (nSPS) is 39.6. The van der Waals surface area contributed by atoms with Crippen LogP contribution < -0.4 is 4.90 Å². The highest BCUT2D eigenvalue weighted by atomic mass is 15.3. The molecule has 0 N–H and O–H groups in total. The van der Waals surface area contributed by atoms with Crippen molar-refractivity contribution in [2.45, 2.75) is 57.4 Å². The van der Waals surface area contributed by atoms with E-state index in [1.165, 1.54) is 49.2 Å². The Hall–Kier alpha value is -1.83. The Kier molecular flexibility index (Phi) is 3.00. The Morgan fingerprint density at radius 3 is 2.31 bits per heavy atom. The third-order valence-electron chi connectivity index (χ3n) is 8.42. The lowest BCUT2D eigenvalue weighted by Crippen LogP contribution is -2.60. The lowest BCUT2D eigenvalue weighted by molar-refractivity contribution is -0.0654. The zero-order chi connectivity index (χ0) is 17.5. The Bertz CT molecular complexity index is 842. The van der Waals surface area contributed by atoms with E-state index in [0.717, 1.165) is 23.7 Å². The SMILES string of the molecule is Cc1ccccc1N1c2ncccc2C2(C3CC4CC(C3)CC2C4)[C@@H]1C. The second-order valence-corrected chi connectivity index (χ2v) is 9.44. The summed E-state index contributed by atoms with van der Waals surface area (Å²) in [4.78, 5) is 7.53. The monoisotopic (exact) mass is 344 g/mol. The van der Waals surface area contributed by atoms with Gasteiger partial charge in [0.1, 0.15) is 5.82 Å². The van der Waals surface area contributed by atoms with Crippen molar-refractivity contribution in [2.75, 3.05) is 4.90 Å². The van der Waals surface area contributed by atoms with Gasteiger partial charge in [-0.2, -0.15) is 0 Å². The lowest BCUT2D eigenvalue weighted by Gasteiger charge is -2.62. The smallest absolute Gasteiger partial charge is 0.137 e. The van der Waals surface area contributed by atoms with E-state index >= 15 is 0 Å². The molecule has 2 heteroatoms. The molecule has 2 heterocycles. The average Bonchev–Trinajstić information content (AvgIpc) is 2.89.